The second-order valence-electron chi connectivity index (χ2n) is 4.39. The van der Waals surface area contributed by atoms with Gasteiger partial charge in [-0.05, 0) is 49.2 Å². The molecule has 4 nitrogen and oxygen atoms in total. The van der Waals surface area contributed by atoms with Crippen molar-refractivity contribution < 1.29 is 10.2 Å². The van der Waals surface area contributed by atoms with Crippen molar-refractivity contribution >= 4 is 11.4 Å². The first kappa shape index (κ1) is 13.2. The lowest BCUT2D eigenvalue weighted by Crippen LogP contribution is -1.83. The van der Waals surface area contributed by atoms with Gasteiger partial charge in [0, 0.05) is 5.56 Å². The van der Waals surface area contributed by atoms with Gasteiger partial charge in [0.15, 0.2) is 0 Å². The molecule has 2 aromatic rings. The van der Waals surface area contributed by atoms with Crippen LogP contribution in [0.1, 0.15) is 16.7 Å². The molecule has 0 aliphatic rings. The van der Waals surface area contributed by atoms with Gasteiger partial charge in [-0.15, -0.1) is 0 Å². The summed E-state index contributed by atoms with van der Waals surface area (Å²) in [4.78, 5) is 0. The van der Waals surface area contributed by atoms with Crippen LogP contribution < -0.4 is 0 Å². The van der Waals surface area contributed by atoms with Crippen LogP contribution in [0.5, 0.6) is 5.75 Å². The Balaban J connectivity index is 2.30. The molecule has 0 spiro atoms. The second-order valence-corrected chi connectivity index (χ2v) is 4.39. The smallest absolute Gasteiger partial charge is 0.121 e. The van der Waals surface area contributed by atoms with E-state index in [1.165, 1.54) is 11.6 Å². The topological polar surface area (TPSA) is 65.2 Å². The standard InChI is InChI=1S/C15H16N2O2/c1-10-4-3-5-14(11(10)2)17-16-13-6-7-15(19)12(8-13)9-18/h3-8,18-19H,9H2,1-2H3. The molecule has 0 unspecified atom stereocenters. The molecule has 2 aromatic carbocycles. The van der Waals surface area contributed by atoms with Gasteiger partial charge in [-0.2, -0.15) is 10.2 Å². The first-order chi connectivity index (χ1) is 9.11. The number of aryl methyl sites for hydroxylation is 1. The summed E-state index contributed by atoms with van der Waals surface area (Å²) in [5.74, 6) is 0.0631. The molecule has 0 heterocycles. The van der Waals surface area contributed by atoms with E-state index in [2.05, 4.69) is 10.2 Å². The van der Waals surface area contributed by atoms with Gasteiger partial charge >= 0.3 is 0 Å². The number of hydrogen-bond donors (Lipinski definition) is 2. The molecule has 0 saturated carbocycles. The van der Waals surface area contributed by atoms with Gasteiger partial charge in [-0.3, -0.25) is 0 Å². The fraction of sp³-hybridized carbons (Fsp3) is 0.200. The van der Waals surface area contributed by atoms with Gasteiger partial charge in [0.05, 0.1) is 18.0 Å². The molecule has 98 valence electrons. The van der Waals surface area contributed by atoms with Gasteiger partial charge < -0.3 is 10.2 Å². The van der Waals surface area contributed by atoms with Crippen molar-refractivity contribution in [2.45, 2.75) is 20.5 Å². The average Bonchev–Trinajstić information content (AvgIpc) is 2.42. The van der Waals surface area contributed by atoms with Crippen molar-refractivity contribution in [3.63, 3.8) is 0 Å². The molecule has 4 heteroatoms. The molecule has 0 aliphatic carbocycles. The Morgan fingerprint density at radius 3 is 2.58 bits per heavy atom. The van der Waals surface area contributed by atoms with E-state index in [0.717, 1.165) is 11.3 Å². The maximum absolute atomic E-state index is 9.47. The van der Waals surface area contributed by atoms with Crippen LogP contribution in [0.25, 0.3) is 0 Å². The van der Waals surface area contributed by atoms with E-state index < -0.39 is 0 Å². The first-order valence-corrected chi connectivity index (χ1v) is 6.02. The number of benzene rings is 2. The summed E-state index contributed by atoms with van der Waals surface area (Å²) in [7, 11) is 0. The number of aliphatic hydroxyl groups is 1. The van der Waals surface area contributed by atoms with Crippen LogP contribution in [0.3, 0.4) is 0 Å². The largest absolute Gasteiger partial charge is 0.508 e. The van der Waals surface area contributed by atoms with Crippen molar-refractivity contribution in [2.24, 2.45) is 10.2 Å². The number of rotatable bonds is 3. The molecular weight excluding hydrogens is 240 g/mol. The molecule has 2 N–H and O–H groups in total. The summed E-state index contributed by atoms with van der Waals surface area (Å²) in [5, 5.41) is 26.9. The number of aromatic hydroxyl groups is 1. The van der Waals surface area contributed by atoms with Crippen molar-refractivity contribution in [1.82, 2.24) is 0 Å². The Morgan fingerprint density at radius 2 is 1.84 bits per heavy atom. The third-order valence-electron chi connectivity index (χ3n) is 3.08. The highest BCUT2D eigenvalue weighted by Gasteiger charge is 2.02. The number of azo groups is 1. The fourth-order valence-electron chi connectivity index (χ4n) is 1.72. The van der Waals surface area contributed by atoms with Gasteiger partial charge in [0.2, 0.25) is 0 Å². The lowest BCUT2D eigenvalue weighted by atomic mass is 10.1. The summed E-state index contributed by atoms with van der Waals surface area (Å²) in [6, 6.07) is 10.6. The SMILES string of the molecule is Cc1cccc(N=Nc2ccc(O)c(CO)c2)c1C. The molecule has 2 rings (SSSR count). The predicted molar refractivity (Wildman–Crippen MR) is 74.1 cm³/mol. The van der Waals surface area contributed by atoms with E-state index in [9.17, 15) is 5.11 Å². The van der Waals surface area contributed by atoms with E-state index in [1.54, 1.807) is 12.1 Å². The van der Waals surface area contributed by atoms with E-state index in [0.29, 0.717) is 11.3 Å². The molecule has 0 aromatic heterocycles. The van der Waals surface area contributed by atoms with Crippen LogP contribution in [0.2, 0.25) is 0 Å². The zero-order chi connectivity index (χ0) is 13.8. The first-order valence-electron chi connectivity index (χ1n) is 6.02. The minimum absolute atomic E-state index is 0.0631. The second kappa shape index (κ2) is 5.63. The molecule has 0 amide bonds. The molecule has 0 aliphatic heterocycles. The number of hydrogen-bond acceptors (Lipinski definition) is 4. The van der Waals surface area contributed by atoms with Gasteiger partial charge in [0.1, 0.15) is 5.75 Å². The zero-order valence-corrected chi connectivity index (χ0v) is 11.0. The Hall–Kier alpha value is -2.20. The average molecular weight is 256 g/mol. The fourth-order valence-corrected chi connectivity index (χ4v) is 1.72. The van der Waals surface area contributed by atoms with Crippen molar-refractivity contribution in [2.75, 3.05) is 0 Å². The Bertz CT molecular complexity index is 622. The lowest BCUT2D eigenvalue weighted by Gasteiger charge is -2.03. The molecule has 0 fully saturated rings. The molecule has 0 saturated heterocycles. The molecule has 19 heavy (non-hydrogen) atoms. The summed E-state index contributed by atoms with van der Waals surface area (Å²) in [6.45, 7) is 3.80. The Morgan fingerprint density at radius 1 is 1.05 bits per heavy atom. The van der Waals surface area contributed by atoms with E-state index in [4.69, 9.17) is 5.11 Å². The van der Waals surface area contributed by atoms with E-state index in [-0.39, 0.29) is 12.4 Å². The third-order valence-corrected chi connectivity index (χ3v) is 3.08. The molecule has 0 radical (unpaired) electrons. The van der Waals surface area contributed by atoms with Crippen molar-refractivity contribution in [1.29, 1.82) is 0 Å². The zero-order valence-electron chi connectivity index (χ0n) is 11.0. The Labute approximate surface area is 112 Å². The highest BCUT2D eigenvalue weighted by Crippen LogP contribution is 2.27. The molecule has 0 atom stereocenters. The summed E-state index contributed by atoms with van der Waals surface area (Å²) in [6.07, 6.45) is 0. The number of nitrogens with zero attached hydrogens (tertiary/aromatic N) is 2. The maximum atomic E-state index is 9.47. The maximum Gasteiger partial charge on any atom is 0.121 e. The third kappa shape index (κ3) is 2.98. The van der Waals surface area contributed by atoms with Crippen LogP contribution in [0, 0.1) is 13.8 Å². The highest BCUT2D eigenvalue weighted by molar-refractivity contribution is 5.50. The van der Waals surface area contributed by atoms with Crippen LogP contribution in [-0.2, 0) is 6.61 Å². The predicted octanol–water partition coefficient (Wildman–Crippen LogP) is 3.92. The van der Waals surface area contributed by atoms with Crippen LogP contribution in [-0.4, -0.2) is 10.2 Å². The van der Waals surface area contributed by atoms with E-state index >= 15 is 0 Å². The summed E-state index contributed by atoms with van der Waals surface area (Å²) in [5.41, 5.74) is 4.12. The van der Waals surface area contributed by atoms with Gasteiger partial charge in [-0.25, -0.2) is 0 Å². The van der Waals surface area contributed by atoms with Crippen LogP contribution in [0.15, 0.2) is 46.6 Å². The van der Waals surface area contributed by atoms with Crippen molar-refractivity contribution in [3.05, 3.63) is 53.1 Å². The van der Waals surface area contributed by atoms with Crippen LogP contribution >= 0.6 is 0 Å². The lowest BCUT2D eigenvalue weighted by molar-refractivity contribution is 0.275. The van der Waals surface area contributed by atoms with Gasteiger partial charge in [-0.1, -0.05) is 12.1 Å². The van der Waals surface area contributed by atoms with Crippen LogP contribution in [0.4, 0.5) is 11.4 Å². The quantitative estimate of drug-likeness (QED) is 0.817. The van der Waals surface area contributed by atoms with Crippen molar-refractivity contribution in [3.8, 4) is 5.75 Å². The minimum Gasteiger partial charge on any atom is -0.508 e. The Kier molecular flexibility index (Phi) is 3.92. The molecular formula is C15H16N2O2. The molecule has 0 bridgehead atoms. The summed E-state index contributed by atoms with van der Waals surface area (Å²) < 4.78 is 0. The minimum atomic E-state index is -0.224. The van der Waals surface area contributed by atoms with E-state index in [1.807, 2.05) is 32.0 Å². The number of aliphatic hydroxyl groups excluding tert-OH is 1. The monoisotopic (exact) mass is 256 g/mol. The number of phenols is 1. The normalized spacial score (nSPS) is 11.1. The van der Waals surface area contributed by atoms with Gasteiger partial charge in [0.25, 0.3) is 0 Å². The highest BCUT2D eigenvalue weighted by atomic mass is 16.3. The summed E-state index contributed by atoms with van der Waals surface area (Å²) >= 11 is 0.